The third-order valence-corrected chi connectivity index (χ3v) is 7.29. The molecule has 1 fully saturated rings. The van der Waals surface area contributed by atoms with E-state index in [1.165, 1.54) is 33.4 Å². The van der Waals surface area contributed by atoms with Crippen molar-refractivity contribution in [1.29, 1.82) is 0 Å². The van der Waals surface area contributed by atoms with E-state index >= 15 is 0 Å². The van der Waals surface area contributed by atoms with Gasteiger partial charge in [-0.15, -0.1) is 0 Å². The first kappa shape index (κ1) is 25.3. The Hall–Kier alpha value is -2.79. The molecule has 0 N–H and O–H groups in total. The quantitative estimate of drug-likeness (QED) is 0.471. The number of fused-ring (bicyclic) bond motifs is 1. The van der Waals surface area contributed by atoms with E-state index in [0.717, 1.165) is 43.9 Å². The van der Waals surface area contributed by atoms with Crippen LogP contribution in [0.25, 0.3) is 11.1 Å². The second-order valence-corrected chi connectivity index (χ2v) is 10.2. The molecule has 0 spiro atoms. The fourth-order valence-corrected chi connectivity index (χ4v) is 5.43. The second-order valence-electron chi connectivity index (χ2n) is 10.2. The number of hydrogen-bond acceptors (Lipinski definition) is 4. The maximum atomic E-state index is 12.5. The number of nitrogens with zero attached hydrogens (tertiary/aromatic N) is 1. The number of rotatable bonds is 8. The summed E-state index contributed by atoms with van der Waals surface area (Å²) in [7, 11) is 3.36. The number of allylic oxidation sites excluding steroid dienone is 2. The third kappa shape index (κ3) is 5.40. The maximum Gasteiger partial charge on any atom is 0.248 e. The molecule has 35 heavy (non-hydrogen) atoms. The first-order valence-electron chi connectivity index (χ1n) is 12.8. The monoisotopic (exact) mass is 477 g/mol. The summed E-state index contributed by atoms with van der Waals surface area (Å²) in [5.74, 6) is 2.51. The van der Waals surface area contributed by atoms with Crippen molar-refractivity contribution in [1.82, 2.24) is 4.90 Å². The highest BCUT2D eigenvalue weighted by molar-refractivity contribution is 5.98. The minimum Gasteiger partial charge on any atom is -0.493 e. The SMILES string of the molecule is COc1ccc(C2=C(C(C)C)c3cc(C4CCN(C(=O)COC(C)C)CC4)ccc3C2)cc1OC. The van der Waals surface area contributed by atoms with E-state index < -0.39 is 0 Å². The van der Waals surface area contributed by atoms with Crippen molar-refractivity contribution in [3.63, 3.8) is 0 Å². The second kappa shape index (κ2) is 10.9. The molecule has 2 aliphatic rings. The lowest BCUT2D eigenvalue weighted by Crippen LogP contribution is -2.40. The third-order valence-electron chi connectivity index (χ3n) is 7.29. The summed E-state index contributed by atoms with van der Waals surface area (Å²) < 4.78 is 16.5. The van der Waals surface area contributed by atoms with Gasteiger partial charge >= 0.3 is 0 Å². The lowest BCUT2D eigenvalue weighted by atomic mass is 9.86. The zero-order valence-electron chi connectivity index (χ0n) is 22.0. The number of carbonyl (C=O) groups is 1. The largest absolute Gasteiger partial charge is 0.493 e. The fraction of sp³-hybridized carbons (Fsp3) is 0.500. The molecule has 2 aromatic carbocycles. The Morgan fingerprint density at radius 2 is 1.69 bits per heavy atom. The highest BCUT2D eigenvalue weighted by Crippen LogP contribution is 2.45. The number of carbonyl (C=O) groups excluding carboxylic acids is 1. The smallest absolute Gasteiger partial charge is 0.248 e. The van der Waals surface area contributed by atoms with Gasteiger partial charge in [0.1, 0.15) is 6.61 Å². The van der Waals surface area contributed by atoms with Gasteiger partial charge in [-0.25, -0.2) is 0 Å². The Kier molecular flexibility index (Phi) is 7.85. The lowest BCUT2D eigenvalue weighted by molar-refractivity contribution is -0.138. The van der Waals surface area contributed by atoms with Crippen molar-refractivity contribution < 1.29 is 19.0 Å². The van der Waals surface area contributed by atoms with E-state index in [9.17, 15) is 4.79 Å². The molecule has 4 rings (SSSR count). The molecule has 1 amide bonds. The molecule has 2 aromatic rings. The first-order chi connectivity index (χ1) is 16.8. The van der Waals surface area contributed by atoms with E-state index in [1.807, 2.05) is 24.8 Å². The summed E-state index contributed by atoms with van der Waals surface area (Å²) in [5, 5.41) is 0. The van der Waals surface area contributed by atoms with Crippen LogP contribution in [0.15, 0.2) is 36.4 Å². The molecule has 0 atom stereocenters. The van der Waals surface area contributed by atoms with E-state index in [2.05, 4.69) is 44.2 Å². The zero-order valence-corrected chi connectivity index (χ0v) is 22.0. The van der Waals surface area contributed by atoms with Gasteiger partial charge in [-0.05, 0) is 90.5 Å². The van der Waals surface area contributed by atoms with Crippen LogP contribution in [0.1, 0.15) is 68.7 Å². The molecule has 0 aromatic heterocycles. The predicted molar refractivity (Wildman–Crippen MR) is 141 cm³/mol. The first-order valence-corrected chi connectivity index (χ1v) is 12.8. The normalized spacial score (nSPS) is 16.3. The Labute approximate surface area is 210 Å². The predicted octanol–water partition coefficient (Wildman–Crippen LogP) is 5.96. The van der Waals surface area contributed by atoms with Crippen LogP contribution in [0.3, 0.4) is 0 Å². The van der Waals surface area contributed by atoms with Crippen LogP contribution >= 0.6 is 0 Å². The number of benzene rings is 2. The van der Waals surface area contributed by atoms with Crippen LogP contribution in [0.2, 0.25) is 0 Å². The van der Waals surface area contributed by atoms with Crippen molar-refractivity contribution in [2.75, 3.05) is 33.9 Å². The maximum absolute atomic E-state index is 12.5. The minimum absolute atomic E-state index is 0.0787. The molecule has 1 aliphatic carbocycles. The average Bonchev–Trinajstić information content (AvgIpc) is 3.26. The van der Waals surface area contributed by atoms with Crippen molar-refractivity contribution in [2.45, 2.75) is 59.0 Å². The topological polar surface area (TPSA) is 48.0 Å². The Morgan fingerprint density at radius 1 is 0.971 bits per heavy atom. The van der Waals surface area contributed by atoms with Crippen LogP contribution in [0.5, 0.6) is 11.5 Å². The number of amides is 1. The number of hydrogen-bond donors (Lipinski definition) is 0. The summed E-state index contributed by atoms with van der Waals surface area (Å²) in [6, 6.07) is 13.3. The highest BCUT2D eigenvalue weighted by Gasteiger charge is 2.28. The molecule has 0 unspecified atom stereocenters. The molecule has 5 heteroatoms. The molecule has 188 valence electrons. The van der Waals surface area contributed by atoms with Crippen molar-refractivity contribution in [3.8, 4) is 11.5 Å². The fourth-order valence-electron chi connectivity index (χ4n) is 5.43. The molecular formula is C30H39NO4. The van der Waals surface area contributed by atoms with Gasteiger partial charge in [0.05, 0.1) is 20.3 Å². The Balaban J connectivity index is 1.55. The van der Waals surface area contributed by atoms with Crippen LogP contribution in [0, 0.1) is 5.92 Å². The van der Waals surface area contributed by atoms with Gasteiger partial charge in [0.25, 0.3) is 0 Å². The van der Waals surface area contributed by atoms with Crippen LogP contribution in [0.4, 0.5) is 0 Å². The number of likely N-dealkylation sites (tertiary alicyclic amines) is 1. The standard InChI is InChI=1S/C30H39NO4/c1-19(2)30-25-15-22(21-11-13-31(14-12-21)29(32)18-35-20(3)4)7-8-23(25)16-26(30)24-9-10-27(33-5)28(17-24)34-6/h7-10,15,17,19-21H,11-14,16,18H2,1-6H3. The molecular weight excluding hydrogens is 438 g/mol. The number of ether oxygens (including phenoxy) is 3. The van der Waals surface area contributed by atoms with E-state index in [0.29, 0.717) is 11.8 Å². The lowest BCUT2D eigenvalue weighted by Gasteiger charge is -2.32. The van der Waals surface area contributed by atoms with Gasteiger partial charge in [0, 0.05) is 13.1 Å². The van der Waals surface area contributed by atoms with Crippen molar-refractivity contribution >= 4 is 17.1 Å². The molecule has 1 saturated heterocycles. The van der Waals surface area contributed by atoms with Crippen LogP contribution < -0.4 is 9.47 Å². The van der Waals surface area contributed by atoms with E-state index in [-0.39, 0.29) is 18.6 Å². The summed E-state index contributed by atoms with van der Waals surface area (Å²) in [6.07, 6.45) is 3.00. The van der Waals surface area contributed by atoms with E-state index in [1.54, 1.807) is 14.2 Å². The molecule has 1 aliphatic heterocycles. The molecule has 5 nitrogen and oxygen atoms in total. The zero-order chi connectivity index (χ0) is 25.1. The molecule has 0 radical (unpaired) electrons. The minimum atomic E-state index is 0.0787. The van der Waals surface area contributed by atoms with Gasteiger partial charge in [0.2, 0.25) is 5.91 Å². The van der Waals surface area contributed by atoms with Gasteiger partial charge in [0.15, 0.2) is 11.5 Å². The summed E-state index contributed by atoms with van der Waals surface area (Å²) in [4.78, 5) is 14.4. The number of piperidine rings is 1. The van der Waals surface area contributed by atoms with Gasteiger partial charge in [-0.3, -0.25) is 4.79 Å². The van der Waals surface area contributed by atoms with Gasteiger partial charge < -0.3 is 19.1 Å². The van der Waals surface area contributed by atoms with E-state index in [4.69, 9.17) is 14.2 Å². The average molecular weight is 478 g/mol. The van der Waals surface area contributed by atoms with Crippen molar-refractivity contribution in [3.05, 3.63) is 58.7 Å². The Bertz CT molecular complexity index is 1090. The molecule has 1 heterocycles. The Morgan fingerprint density at radius 3 is 2.31 bits per heavy atom. The molecule has 0 bridgehead atoms. The summed E-state index contributed by atoms with van der Waals surface area (Å²) in [6.45, 7) is 10.3. The summed E-state index contributed by atoms with van der Waals surface area (Å²) >= 11 is 0. The van der Waals surface area contributed by atoms with Crippen LogP contribution in [-0.4, -0.2) is 50.8 Å². The highest BCUT2D eigenvalue weighted by atomic mass is 16.5. The summed E-state index contributed by atoms with van der Waals surface area (Å²) in [5.41, 5.74) is 8.15. The number of methoxy groups -OCH3 is 2. The van der Waals surface area contributed by atoms with Gasteiger partial charge in [-0.2, -0.15) is 0 Å². The van der Waals surface area contributed by atoms with Gasteiger partial charge in [-0.1, -0.05) is 38.1 Å². The van der Waals surface area contributed by atoms with Crippen LogP contribution in [-0.2, 0) is 16.0 Å². The molecule has 0 saturated carbocycles. The van der Waals surface area contributed by atoms with Crippen molar-refractivity contribution in [2.24, 2.45) is 5.92 Å².